The van der Waals surface area contributed by atoms with Crippen molar-refractivity contribution in [1.82, 2.24) is 5.32 Å². The maximum absolute atomic E-state index is 12.1. The zero-order valence-corrected chi connectivity index (χ0v) is 15.7. The van der Waals surface area contributed by atoms with Gasteiger partial charge in [0.25, 0.3) is 0 Å². The Morgan fingerprint density at radius 1 is 1.14 bits per heavy atom. The molecule has 0 unspecified atom stereocenters. The largest absolute Gasteiger partial charge is 0.573 e. The molecule has 0 saturated heterocycles. The van der Waals surface area contributed by atoms with Gasteiger partial charge in [-0.2, -0.15) is 0 Å². The molecule has 0 bridgehead atoms. The molecular formula is C20H18F3N3O3. The van der Waals surface area contributed by atoms with E-state index in [1.54, 1.807) is 7.05 Å². The molecule has 29 heavy (non-hydrogen) atoms. The van der Waals surface area contributed by atoms with Crippen LogP contribution in [0.5, 0.6) is 5.75 Å². The summed E-state index contributed by atoms with van der Waals surface area (Å²) in [5, 5.41) is 10.6. The van der Waals surface area contributed by atoms with Crippen LogP contribution in [0.4, 0.5) is 13.2 Å². The van der Waals surface area contributed by atoms with Crippen LogP contribution in [0, 0.1) is 11.8 Å². The Balaban J connectivity index is 1.92. The molecule has 0 aliphatic rings. The maximum Gasteiger partial charge on any atom is 0.573 e. The van der Waals surface area contributed by atoms with Gasteiger partial charge in [0.1, 0.15) is 25.7 Å². The molecule has 1 N–H and O–H groups in total. The first-order chi connectivity index (χ1) is 13.9. The Hall–Kier alpha value is -3.67. The molecule has 0 amide bonds. The van der Waals surface area contributed by atoms with Crippen LogP contribution in [0.3, 0.4) is 0 Å². The lowest BCUT2D eigenvalue weighted by atomic mass is 10.1. The van der Waals surface area contributed by atoms with Gasteiger partial charge < -0.3 is 19.7 Å². The summed E-state index contributed by atoms with van der Waals surface area (Å²) >= 11 is 0. The van der Waals surface area contributed by atoms with E-state index < -0.39 is 6.36 Å². The summed E-state index contributed by atoms with van der Waals surface area (Å²) in [5.41, 5.74) is 2.15. The third-order valence-corrected chi connectivity index (χ3v) is 3.41. The van der Waals surface area contributed by atoms with Gasteiger partial charge in [-0.05, 0) is 30.2 Å². The fourth-order valence-corrected chi connectivity index (χ4v) is 2.22. The summed E-state index contributed by atoms with van der Waals surface area (Å²) in [4.78, 5) is 10.1. The number of hydrogen-bond donors (Lipinski definition) is 1. The smallest absolute Gasteiger partial charge is 0.406 e. The normalized spacial score (nSPS) is 11.6. The molecule has 0 fully saturated rings. The molecule has 0 spiro atoms. The highest BCUT2D eigenvalue weighted by Gasteiger charge is 2.30. The van der Waals surface area contributed by atoms with E-state index in [9.17, 15) is 13.2 Å². The summed E-state index contributed by atoms with van der Waals surface area (Å²) in [6.07, 6.45) is -3.47. The van der Waals surface area contributed by atoms with Gasteiger partial charge in [0.05, 0.1) is 0 Å². The van der Waals surface area contributed by atoms with Crippen LogP contribution in [0.25, 0.3) is 0 Å². The van der Waals surface area contributed by atoms with E-state index in [2.05, 4.69) is 32.2 Å². The number of alkyl halides is 3. The lowest BCUT2D eigenvalue weighted by Crippen LogP contribution is -2.21. The van der Waals surface area contributed by atoms with Gasteiger partial charge in [-0.3, -0.25) is 0 Å². The highest BCUT2D eigenvalue weighted by atomic mass is 19.4. The van der Waals surface area contributed by atoms with Crippen LogP contribution in [-0.2, 0) is 16.3 Å². The Labute approximate surface area is 165 Å². The van der Waals surface area contributed by atoms with Crippen LogP contribution >= 0.6 is 0 Å². The summed E-state index contributed by atoms with van der Waals surface area (Å²) in [6.45, 7) is 0.183. The molecule has 6 nitrogen and oxygen atoms in total. The number of amidine groups is 1. The van der Waals surface area contributed by atoms with E-state index >= 15 is 0 Å². The molecule has 0 atom stereocenters. The monoisotopic (exact) mass is 405 g/mol. The second kappa shape index (κ2) is 10.6. The molecule has 0 aliphatic heterocycles. The first-order valence-electron chi connectivity index (χ1n) is 8.31. The van der Waals surface area contributed by atoms with Gasteiger partial charge in [-0.25, -0.2) is 0 Å². The standard InChI is InChI=1S/C20H18F3N3O3/c1-24-19(26-27-2)18-8-4-3-7-16(18)14-28-25-13-5-6-15-9-11-17(12-10-15)29-20(21,22)23/h3-4,7-13H,14H2,1-2H3,(H,24,26)/b25-13+. The van der Waals surface area contributed by atoms with Crippen LogP contribution < -0.4 is 10.1 Å². The number of halogens is 3. The van der Waals surface area contributed by atoms with Crippen molar-refractivity contribution in [1.29, 1.82) is 0 Å². The molecule has 2 aromatic rings. The Morgan fingerprint density at radius 3 is 2.52 bits per heavy atom. The predicted octanol–water partition coefficient (Wildman–Crippen LogP) is 3.67. The minimum Gasteiger partial charge on any atom is -0.406 e. The SMILES string of the molecule is CN/C(=N/OC)c1ccccc1CO/N=C/C#Cc1ccc(OC(F)(F)F)cc1. The van der Waals surface area contributed by atoms with Crippen LogP contribution in [0.1, 0.15) is 16.7 Å². The van der Waals surface area contributed by atoms with Crippen molar-refractivity contribution < 1.29 is 27.6 Å². The minimum absolute atomic E-state index is 0.183. The number of oxime groups is 2. The lowest BCUT2D eigenvalue weighted by Gasteiger charge is -2.09. The number of hydrogen-bond acceptors (Lipinski definition) is 5. The van der Waals surface area contributed by atoms with Gasteiger partial charge in [-0.15, -0.1) is 13.2 Å². The van der Waals surface area contributed by atoms with Crippen molar-refractivity contribution in [2.24, 2.45) is 10.3 Å². The molecule has 0 saturated carbocycles. The van der Waals surface area contributed by atoms with E-state index in [4.69, 9.17) is 9.68 Å². The third-order valence-electron chi connectivity index (χ3n) is 3.41. The molecule has 0 aromatic heterocycles. The zero-order chi connectivity index (χ0) is 21.1. The molecular weight excluding hydrogens is 387 g/mol. The van der Waals surface area contributed by atoms with Crippen molar-refractivity contribution >= 4 is 12.1 Å². The molecule has 9 heteroatoms. The minimum atomic E-state index is -4.72. The van der Waals surface area contributed by atoms with Crippen molar-refractivity contribution in [3.63, 3.8) is 0 Å². The number of benzene rings is 2. The third kappa shape index (κ3) is 7.46. The highest BCUT2D eigenvalue weighted by molar-refractivity contribution is 5.99. The number of nitrogens with one attached hydrogen (secondary N) is 1. The highest BCUT2D eigenvalue weighted by Crippen LogP contribution is 2.22. The molecule has 0 radical (unpaired) electrons. The molecule has 0 heterocycles. The summed E-state index contributed by atoms with van der Waals surface area (Å²) in [6, 6.07) is 12.6. The van der Waals surface area contributed by atoms with E-state index in [1.165, 1.54) is 37.6 Å². The van der Waals surface area contributed by atoms with Crippen LogP contribution in [0.2, 0.25) is 0 Å². The second-order valence-electron chi connectivity index (χ2n) is 5.38. The van der Waals surface area contributed by atoms with Gasteiger partial charge in [0.15, 0.2) is 5.84 Å². The van der Waals surface area contributed by atoms with E-state index in [0.29, 0.717) is 11.4 Å². The van der Waals surface area contributed by atoms with E-state index in [-0.39, 0.29) is 12.4 Å². The van der Waals surface area contributed by atoms with Crippen LogP contribution in [0.15, 0.2) is 58.8 Å². The average Bonchev–Trinajstić information content (AvgIpc) is 2.69. The number of nitrogens with zero attached hydrogens (tertiary/aromatic N) is 2. The molecule has 2 rings (SSSR count). The molecule has 2 aromatic carbocycles. The van der Waals surface area contributed by atoms with Crippen LogP contribution in [-0.4, -0.2) is 32.6 Å². The fraction of sp³-hybridized carbons (Fsp3) is 0.200. The van der Waals surface area contributed by atoms with Crippen molar-refractivity contribution in [3.05, 3.63) is 65.2 Å². The second-order valence-corrected chi connectivity index (χ2v) is 5.38. The molecule has 0 aliphatic carbocycles. The molecule has 152 valence electrons. The quantitative estimate of drug-likeness (QED) is 0.345. The first-order valence-corrected chi connectivity index (χ1v) is 8.31. The zero-order valence-electron chi connectivity index (χ0n) is 15.7. The number of rotatable bonds is 6. The Kier molecular flexibility index (Phi) is 7.91. The summed E-state index contributed by atoms with van der Waals surface area (Å²) < 4.78 is 40.1. The van der Waals surface area contributed by atoms with Crippen molar-refractivity contribution in [2.75, 3.05) is 14.2 Å². The Morgan fingerprint density at radius 2 is 1.86 bits per heavy atom. The topological polar surface area (TPSA) is 64.4 Å². The van der Waals surface area contributed by atoms with Gasteiger partial charge in [-0.1, -0.05) is 40.5 Å². The van der Waals surface area contributed by atoms with Gasteiger partial charge in [0.2, 0.25) is 0 Å². The predicted molar refractivity (Wildman–Crippen MR) is 102 cm³/mol. The summed E-state index contributed by atoms with van der Waals surface area (Å²) in [7, 11) is 3.18. The van der Waals surface area contributed by atoms with Gasteiger partial charge in [0, 0.05) is 23.7 Å². The maximum atomic E-state index is 12.1. The average molecular weight is 405 g/mol. The Bertz CT molecular complexity index is 914. The fourth-order valence-electron chi connectivity index (χ4n) is 2.22. The van der Waals surface area contributed by atoms with Gasteiger partial charge >= 0.3 is 6.36 Å². The van der Waals surface area contributed by atoms with Crippen molar-refractivity contribution in [3.8, 4) is 17.6 Å². The summed E-state index contributed by atoms with van der Waals surface area (Å²) in [5.74, 6) is 5.61. The lowest BCUT2D eigenvalue weighted by molar-refractivity contribution is -0.274. The van der Waals surface area contributed by atoms with E-state index in [1.807, 2.05) is 24.3 Å². The van der Waals surface area contributed by atoms with E-state index in [0.717, 1.165) is 11.1 Å². The van der Waals surface area contributed by atoms with Crippen molar-refractivity contribution in [2.45, 2.75) is 13.0 Å². The first kappa shape index (κ1) is 21.6. The number of ether oxygens (including phenoxy) is 1.